The molecule has 0 fully saturated rings. The summed E-state index contributed by atoms with van der Waals surface area (Å²) in [5, 5.41) is 12.0. The van der Waals surface area contributed by atoms with Crippen molar-refractivity contribution in [2.24, 2.45) is 7.05 Å². The Labute approximate surface area is 163 Å². The van der Waals surface area contributed by atoms with Crippen LogP contribution in [-0.4, -0.2) is 32.6 Å². The van der Waals surface area contributed by atoms with Gasteiger partial charge in [-0.2, -0.15) is 10.2 Å². The Balaban J connectivity index is 1.80. The maximum absolute atomic E-state index is 12.9. The summed E-state index contributed by atoms with van der Waals surface area (Å²) in [6.45, 7) is 5.70. The Morgan fingerprint density at radius 2 is 1.89 bits per heavy atom. The molecule has 0 radical (unpaired) electrons. The molecule has 3 aromatic rings. The van der Waals surface area contributed by atoms with Gasteiger partial charge in [-0.3, -0.25) is 14.3 Å². The van der Waals surface area contributed by atoms with Crippen molar-refractivity contribution < 1.29 is 9.53 Å². The largest absolute Gasteiger partial charge is 0.497 e. The molecular weight excluding hydrogens is 358 g/mol. The second kappa shape index (κ2) is 7.84. The number of fused-ring (bicyclic) bond motifs is 1. The summed E-state index contributed by atoms with van der Waals surface area (Å²) in [6.07, 6.45) is 1.58. The van der Waals surface area contributed by atoms with Crippen LogP contribution in [0.3, 0.4) is 0 Å². The first kappa shape index (κ1) is 19.6. The number of rotatable bonds is 6. The zero-order valence-electron chi connectivity index (χ0n) is 16.8. The van der Waals surface area contributed by atoms with Crippen LogP contribution in [0.5, 0.6) is 5.75 Å². The normalized spacial score (nSPS) is 12.4. The fourth-order valence-electron chi connectivity index (χ4n) is 3.15. The summed E-state index contributed by atoms with van der Waals surface area (Å²) in [7, 11) is 3.39. The molecule has 28 heavy (non-hydrogen) atoms. The summed E-state index contributed by atoms with van der Waals surface area (Å²) < 4.78 is 7.98. The quantitative estimate of drug-likeness (QED) is 0.704. The van der Waals surface area contributed by atoms with Gasteiger partial charge in [0.1, 0.15) is 12.3 Å². The summed E-state index contributed by atoms with van der Waals surface area (Å²) in [5.41, 5.74) is 2.02. The standard InChI is InChI=1S/C20H25N5O3/c1-12(2)19-18-16(24(4)23-19)10-21-25(20(18)27)11-17(26)22-13(3)14-6-8-15(28-5)9-7-14/h6-10,12-13H,11H2,1-5H3,(H,22,26)/t13-/m0/s1. The number of aryl methyl sites for hydroxylation is 1. The maximum atomic E-state index is 12.9. The van der Waals surface area contributed by atoms with Gasteiger partial charge < -0.3 is 10.1 Å². The minimum Gasteiger partial charge on any atom is -0.497 e. The first-order chi connectivity index (χ1) is 13.3. The Hall–Kier alpha value is -3.16. The van der Waals surface area contributed by atoms with Gasteiger partial charge in [-0.1, -0.05) is 26.0 Å². The number of nitrogens with zero attached hydrogens (tertiary/aromatic N) is 4. The molecular formula is C20H25N5O3. The van der Waals surface area contributed by atoms with E-state index in [1.54, 1.807) is 25.0 Å². The highest BCUT2D eigenvalue weighted by Gasteiger charge is 2.19. The Kier molecular flexibility index (Phi) is 5.48. The van der Waals surface area contributed by atoms with Gasteiger partial charge in [0.05, 0.1) is 35.9 Å². The number of ether oxygens (including phenoxy) is 1. The van der Waals surface area contributed by atoms with Gasteiger partial charge in [-0.05, 0) is 30.5 Å². The first-order valence-corrected chi connectivity index (χ1v) is 9.17. The van der Waals surface area contributed by atoms with E-state index < -0.39 is 0 Å². The van der Waals surface area contributed by atoms with Gasteiger partial charge in [-0.15, -0.1) is 0 Å². The molecule has 8 nitrogen and oxygen atoms in total. The molecule has 1 amide bonds. The van der Waals surface area contributed by atoms with E-state index in [-0.39, 0.29) is 30.0 Å². The maximum Gasteiger partial charge on any atom is 0.278 e. The third-order valence-corrected chi connectivity index (χ3v) is 4.72. The van der Waals surface area contributed by atoms with Crippen molar-refractivity contribution in [3.05, 3.63) is 52.1 Å². The molecule has 148 valence electrons. The van der Waals surface area contributed by atoms with Crippen molar-refractivity contribution in [2.45, 2.75) is 39.3 Å². The number of carbonyl (C=O) groups excluding carboxylic acids is 1. The number of aromatic nitrogens is 4. The molecule has 0 unspecified atom stereocenters. The molecule has 0 bridgehead atoms. The summed E-state index contributed by atoms with van der Waals surface area (Å²) in [4.78, 5) is 25.4. The second-order valence-electron chi connectivity index (χ2n) is 7.09. The first-order valence-electron chi connectivity index (χ1n) is 9.17. The SMILES string of the molecule is COc1ccc([C@H](C)NC(=O)Cn2ncc3c(c(C(C)C)nn3C)c2=O)cc1. The van der Waals surface area contributed by atoms with Gasteiger partial charge in [0.15, 0.2) is 0 Å². The van der Waals surface area contributed by atoms with Crippen molar-refractivity contribution in [3.63, 3.8) is 0 Å². The van der Waals surface area contributed by atoms with Crippen LogP contribution in [0.1, 0.15) is 44.0 Å². The molecule has 0 aliphatic carbocycles. The van der Waals surface area contributed by atoms with Crippen molar-refractivity contribution in [2.75, 3.05) is 7.11 Å². The van der Waals surface area contributed by atoms with E-state index in [0.29, 0.717) is 16.6 Å². The molecule has 0 saturated heterocycles. The Bertz CT molecular complexity index is 1050. The summed E-state index contributed by atoms with van der Waals surface area (Å²) in [5.74, 6) is 0.562. The summed E-state index contributed by atoms with van der Waals surface area (Å²) >= 11 is 0. The predicted molar refractivity (Wildman–Crippen MR) is 106 cm³/mol. The van der Waals surface area contributed by atoms with Crippen molar-refractivity contribution in [3.8, 4) is 5.75 Å². The number of hydrogen-bond donors (Lipinski definition) is 1. The number of nitrogens with one attached hydrogen (secondary N) is 1. The van der Waals surface area contributed by atoms with Gasteiger partial charge in [0, 0.05) is 7.05 Å². The lowest BCUT2D eigenvalue weighted by molar-refractivity contribution is -0.122. The van der Waals surface area contributed by atoms with Gasteiger partial charge >= 0.3 is 0 Å². The topological polar surface area (TPSA) is 91.0 Å². The van der Waals surface area contributed by atoms with Crippen molar-refractivity contribution in [1.29, 1.82) is 0 Å². The zero-order chi connectivity index (χ0) is 20.4. The molecule has 0 aliphatic heterocycles. The van der Waals surface area contributed by atoms with Crippen LogP contribution in [0, 0.1) is 0 Å². The van der Waals surface area contributed by atoms with Gasteiger partial charge in [0.2, 0.25) is 5.91 Å². The van der Waals surface area contributed by atoms with E-state index in [1.807, 2.05) is 45.0 Å². The van der Waals surface area contributed by atoms with Crippen LogP contribution in [0.2, 0.25) is 0 Å². The fraction of sp³-hybridized carbons (Fsp3) is 0.400. The number of benzene rings is 1. The molecule has 0 aliphatic rings. The highest BCUT2D eigenvalue weighted by Crippen LogP contribution is 2.20. The monoisotopic (exact) mass is 383 g/mol. The fourth-order valence-corrected chi connectivity index (χ4v) is 3.15. The van der Waals surface area contributed by atoms with Crippen LogP contribution < -0.4 is 15.6 Å². The van der Waals surface area contributed by atoms with Crippen LogP contribution >= 0.6 is 0 Å². The van der Waals surface area contributed by atoms with E-state index in [2.05, 4.69) is 15.5 Å². The molecule has 2 heterocycles. The summed E-state index contributed by atoms with van der Waals surface area (Å²) in [6, 6.07) is 7.26. The van der Waals surface area contributed by atoms with E-state index in [0.717, 1.165) is 11.3 Å². The van der Waals surface area contributed by atoms with Gasteiger partial charge in [0.25, 0.3) is 5.56 Å². The number of carbonyl (C=O) groups is 1. The lowest BCUT2D eigenvalue weighted by Gasteiger charge is -2.15. The highest BCUT2D eigenvalue weighted by atomic mass is 16.5. The lowest BCUT2D eigenvalue weighted by Crippen LogP contribution is -2.35. The predicted octanol–water partition coefficient (Wildman–Crippen LogP) is 2.14. The molecule has 0 spiro atoms. The molecule has 8 heteroatoms. The average molecular weight is 383 g/mol. The van der Waals surface area contributed by atoms with E-state index in [1.165, 1.54) is 4.68 Å². The van der Waals surface area contributed by atoms with Crippen LogP contribution in [0.15, 0.2) is 35.3 Å². The third kappa shape index (κ3) is 3.76. The average Bonchev–Trinajstić information content (AvgIpc) is 3.01. The van der Waals surface area contributed by atoms with Crippen LogP contribution in [-0.2, 0) is 18.4 Å². The molecule has 1 N–H and O–H groups in total. The molecule has 1 aromatic carbocycles. The Morgan fingerprint density at radius 1 is 1.21 bits per heavy atom. The van der Waals surface area contributed by atoms with Gasteiger partial charge in [-0.25, -0.2) is 4.68 Å². The van der Waals surface area contributed by atoms with E-state index >= 15 is 0 Å². The van der Waals surface area contributed by atoms with Crippen LogP contribution in [0.25, 0.3) is 10.9 Å². The lowest BCUT2D eigenvalue weighted by atomic mass is 10.1. The minimum absolute atomic E-state index is 0.0937. The molecule has 0 saturated carbocycles. The molecule has 1 atom stereocenters. The van der Waals surface area contributed by atoms with E-state index in [9.17, 15) is 9.59 Å². The van der Waals surface area contributed by atoms with Crippen LogP contribution in [0.4, 0.5) is 0 Å². The number of amides is 1. The Morgan fingerprint density at radius 3 is 2.50 bits per heavy atom. The van der Waals surface area contributed by atoms with Crippen molar-refractivity contribution >= 4 is 16.8 Å². The highest BCUT2D eigenvalue weighted by molar-refractivity contribution is 5.81. The minimum atomic E-state index is -0.304. The smallest absolute Gasteiger partial charge is 0.278 e. The number of hydrogen-bond acceptors (Lipinski definition) is 5. The zero-order valence-corrected chi connectivity index (χ0v) is 16.8. The van der Waals surface area contributed by atoms with Crippen molar-refractivity contribution in [1.82, 2.24) is 24.9 Å². The molecule has 2 aromatic heterocycles. The number of methoxy groups -OCH3 is 1. The molecule has 3 rings (SSSR count). The third-order valence-electron chi connectivity index (χ3n) is 4.72. The van der Waals surface area contributed by atoms with E-state index in [4.69, 9.17) is 4.74 Å². The second-order valence-corrected chi connectivity index (χ2v) is 7.09.